The average molecular weight is 515 g/mol. The van der Waals surface area contributed by atoms with Gasteiger partial charge in [0, 0.05) is 44.5 Å². The monoisotopic (exact) mass is 514 g/mol. The maximum Gasteiger partial charge on any atom is 0.241 e. The van der Waals surface area contributed by atoms with Crippen LogP contribution in [0.5, 0.6) is 0 Å². The van der Waals surface area contributed by atoms with Crippen molar-refractivity contribution in [3.8, 4) is 0 Å². The van der Waals surface area contributed by atoms with Crippen LogP contribution in [-0.2, 0) is 26.0 Å². The quantitative estimate of drug-likeness (QED) is 0.449. The number of benzene rings is 2. The lowest BCUT2D eigenvalue weighted by atomic mass is 10.1. The molecule has 1 heterocycles. The molecule has 196 valence electrons. The van der Waals surface area contributed by atoms with Crippen molar-refractivity contribution in [2.75, 3.05) is 36.0 Å². The molecule has 9 heteroatoms. The molecular weight excluding hydrogens is 476 g/mol. The van der Waals surface area contributed by atoms with E-state index in [1.165, 1.54) is 18.6 Å². The van der Waals surface area contributed by atoms with Gasteiger partial charge in [-0.3, -0.25) is 9.59 Å². The van der Waals surface area contributed by atoms with Gasteiger partial charge in [0.25, 0.3) is 0 Å². The first-order chi connectivity index (χ1) is 17.0. The van der Waals surface area contributed by atoms with Crippen molar-refractivity contribution < 1.29 is 18.0 Å². The molecule has 1 unspecified atom stereocenters. The second kappa shape index (κ2) is 11.9. The summed E-state index contributed by atoms with van der Waals surface area (Å²) in [4.78, 5) is 28.7. The van der Waals surface area contributed by atoms with Crippen LogP contribution in [0.2, 0.25) is 0 Å². The van der Waals surface area contributed by atoms with E-state index in [0.717, 1.165) is 36.4 Å². The van der Waals surface area contributed by atoms with E-state index in [0.29, 0.717) is 19.5 Å². The molecule has 2 aromatic carbocycles. The maximum absolute atomic E-state index is 13.1. The van der Waals surface area contributed by atoms with Gasteiger partial charge >= 0.3 is 0 Å². The van der Waals surface area contributed by atoms with E-state index in [2.05, 4.69) is 47.0 Å². The number of rotatable bonds is 11. The van der Waals surface area contributed by atoms with Crippen LogP contribution in [-0.4, -0.2) is 52.5 Å². The third-order valence-electron chi connectivity index (χ3n) is 6.52. The number of nitrogens with one attached hydrogen (secondary N) is 2. The summed E-state index contributed by atoms with van der Waals surface area (Å²) in [6.07, 6.45) is 1.34. The zero-order valence-electron chi connectivity index (χ0n) is 21.9. The first kappa shape index (κ1) is 27.7. The molecule has 3 rings (SSSR count). The summed E-state index contributed by atoms with van der Waals surface area (Å²) in [6, 6.07) is 12.2. The summed E-state index contributed by atoms with van der Waals surface area (Å²) >= 11 is 0. The van der Waals surface area contributed by atoms with Gasteiger partial charge in [-0.15, -0.1) is 0 Å². The summed E-state index contributed by atoms with van der Waals surface area (Å²) in [6.45, 7) is 11.9. The molecule has 0 saturated heterocycles. The molecule has 36 heavy (non-hydrogen) atoms. The van der Waals surface area contributed by atoms with Gasteiger partial charge in [-0.05, 0) is 74.1 Å². The number of nitrogens with zero attached hydrogens (tertiary/aromatic N) is 2. The highest BCUT2D eigenvalue weighted by Gasteiger charge is 2.30. The molecule has 1 aliphatic heterocycles. The Morgan fingerprint density at radius 2 is 1.89 bits per heavy atom. The van der Waals surface area contributed by atoms with Crippen molar-refractivity contribution in [1.82, 2.24) is 10.0 Å². The summed E-state index contributed by atoms with van der Waals surface area (Å²) < 4.78 is 28.9. The molecule has 2 amide bonds. The largest absolute Gasteiger partial charge is 0.372 e. The van der Waals surface area contributed by atoms with Crippen LogP contribution >= 0.6 is 0 Å². The number of hydrogen-bond acceptors (Lipinski definition) is 5. The van der Waals surface area contributed by atoms with Gasteiger partial charge in [0.05, 0.1) is 4.90 Å². The van der Waals surface area contributed by atoms with Crippen molar-refractivity contribution in [1.29, 1.82) is 0 Å². The molecule has 2 aromatic rings. The molecule has 1 aliphatic rings. The van der Waals surface area contributed by atoms with Gasteiger partial charge in [0.2, 0.25) is 21.8 Å². The average Bonchev–Trinajstić information content (AvgIpc) is 3.26. The second-order valence-corrected chi connectivity index (χ2v) is 11.3. The number of anilines is 2. The van der Waals surface area contributed by atoms with Crippen LogP contribution in [0.4, 0.5) is 11.4 Å². The van der Waals surface area contributed by atoms with Crippen LogP contribution in [0.25, 0.3) is 0 Å². The molecule has 0 saturated carbocycles. The maximum atomic E-state index is 13.1. The highest BCUT2D eigenvalue weighted by molar-refractivity contribution is 7.89. The highest BCUT2D eigenvalue weighted by atomic mass is 32.2. The predicted octanol–water partition coefficient (Wildman–Crippen LogP) is 3.24. The van der Waals surface area contributed by atoms with Gasteiger partial charge < -0.3 is 15.1 Å². The first-order valence-corrected chi connectivity index (χ1v) is 14.0. The minimum atomic E-state index is -3.92. The molecule has 0 spiro atoms. The fourth-order valence-electron chi connectivity index (χ4n) is 4.49. The van der Waals surface area contributed by atoms with Crippen LogP contribution in [0.1, 0.15) is 45.2 Å². The number of aryl methyl sites for hydroxylation is 1. The highest BCUT2D eigenvalue weighted by Crippen LogP contribution is 2.30. The molecule has 1 atom stereocenters. The van der Waals surface area contributed by atoms with Gasteiger partial charge in [-0.1, -0.05) is 26.0 Å². The number of sulfonamides is 1. The summed E-state index contributed by atoms with van der Waals surface area (Å²) in [5.41, 5.74) is 3.90. The number of fused-ring (bicyclic) bond motifs is 1. The Bertz CT molecular complexity index is 1200. The molecule has 0 fully saturated rings. The minimum absolute atomic E-state index is 0.0695. The normalized spacial score (nSPS) is 14.0. The van der Waals surface area contributed by atoms with Crippen LogP contribution < -0.4 is 19.8 Å². The summed E-state index contributed by atoms with van der Waals surface area (Å²) in [5, 5.41) is 2.90. The van der Waals surface area contributed by atoms with Gasteiger partial charge in [-0.2, -0.15) is 4.72 Å². The van der Waals surface area contributed by atoms with Crippen LogP contribution in [0.15, 0.2) is 47.4 Å². The number of carbonyl (C=O) groups is 2. The Kier molecular flexibility index (Phi) is 9.13. The third-order valence-corrected chi connectivity index (χ3v) is 7.96. The lowest BCUT2D eigenvalue weighted by Crippen LogP contribution is -2.50. The van der Waals surface area contributed by atoms with E-state index in [-0.39, 0.29) is 22.6 Å². The topological polar surface area (TPSA) is 98.8 Å². The molecule has 2 N–H and O–H groups in total. The molecule has 0 aromatic heterocycles. The van der Waals surface area contributed by atoms with E-state index in [4.69, 9.17) is 0 Å². The van der Waals surface area contributed by atoms with Crippen molar-refractivity contribution in [3.63, 3.8) is 0 Å². The van der Waals surface area contributed by atoms with Crippen molar-refractivity contribution in [2.45, 2.75) is 58.4 Å². The minimum Gasteiger partial charge on any atom is -0.372 e. The van der Waals surface area contributed by atoms with Crippen LogP contribution in [0.3, 0.4) is 0 Å². The van der Waals surface area contributed by atoms with E-state index in [1.54, 1.807) is 17.0 Å². The molecule has 8 nitrogen and oxygen atoms in total. The van der Waals surface area contributed by atoms with E-state index in [9.17, 15) is 18.0 Å². The zero-order valence-corrected chi connectivity index (χ0v) is 22.7. The number of hydrogen-bond donors (Lipinski definition) is 2. The first-order valence-electron chi connectivity index (χ1n) is 12.6. The number of carbonyl (C=O) groups excluding carboxylic acids is 2. The fraction of sp³-hybridized carbons (Fsp3) is 0.481. The molecular formula is C27H38N4O4S. The Morgan fingerprint density at radius 3 is 2.53 bits per heavy atom. The molecule has 0 bridgehead atoms. The standard InChI is InChI=1S/C27H38N4O4S/c1-6-30(23-10-7-9-20(4)17-23)15-8-14-28-27(33)26(19(2)3)29-36(34,35)24-11-12-25-22(18-24)13-16-31(25)21(5)32/h7,9-12,17-19,26,29H,6,8,13-16H2,1-5H3,(H,28,33). The van der Waals surface area contributed by atoms with Gasteiger partial charge in [0.1, 0.15) is 6.04 Å². The lowest BCUT2D eigenvalue weighted by Gasteiger charge is -2.25. The Balaban J connectivity index is 1.60. The smallest absolute Gasteiger partial charge is 0.241 e. The van der Waals surface area contributed by atoms with E-state index < -0.39 is 16.1 Å². The fourth-order valence-corrected chi connectivity index (χ4v) is 5.88. The summed E-state index contributed by atoms with van der Waals surface area (Å²) in [5.74, 6) is -0.641. The SMILES string of the molecule is CCN(CCCNC(=O)C(NS(=O)(=O)c1ccc2c(c1)CCN2C(C)=O)C(C)C)c1cccc(C)c1. The van der Waals surface area contributed by atoms with E-state index in [1.807, 2.05) is 19.9 Å². The van der Waals surface area contributed by atoms with Gasteiger partial charge in [-0.25, -0.2) is 8.42 Å². The van der Waals surface area contributed by atoms with Crippen LogP contribution in [0, 0.1) is 12.8 Å². The lowest BCUT2D eigenvalue weighted by molar-refractivity contribution is -0.123. The Morgan fingerprint density at radius 1 is 1.14 bits per heavy atom. The Hall–Kier alpha value is -2.91. The number of amides is 2. The van der Waals surface area contributed by atoms with E-state index >= 15 is 0 Å². The van der Waals surface area contributed by atoms with Gasteiger partial charge in [0.15, 0.2) is 0 Å². The third kappa shape index (κ3) is 6.64. The Labute approximate surface area is 215 Å². The molecule has 0 aliphatic carbocycles. The predicted molar refractivity (Wildman–Crippen MR) is 144 cm³/mol. The second-order valence-electron chi connectivity index (χ2n) is 9.62. The van der Waals surface area contributed by atoms with Crippen molar-refractivity contribution >= 4 is 33.2 Å². The zero-order chi connectivity index (χ0) is 26.5. The summed E-state index contributed by atoms with van der Waals surface area (Å²) in [7, 11) is -3.92. The molecule has 0 radical (unpaired) electrons. The van der Waals surface area contributed by atoms with Crippen molar-refractivity contribution in [2.24, 2.45) is 5.92 Å². The van der Waals surface area contributed by atoms with Crippen molar-refractivity contribution in [3.05, 3.63) is 53.6 Å².